The molecule has 0 unspecified atom stereocenters. The van der Waals surface area contributed by atoms with Crippen molar-refractivity contribution in [3.63, 3.8) is 0 Å². The molecule has 0 aromatic heterocycles. The first kappa shape index (κ1) is 13.4. The van der Waals surface area contributed by atoms with Crippen molar-refractivity contribution in [3.05, 3.63) is 64.9 Å². The van der Waals surface area contributed by atoms with Crippen molar-refractivity contribution in [2.45, 2.75) is 0 Å². The second kappa shape index (κ2) is 7.74. The van der Waals surface area contributed by atoms with Crippen LogP contribution in [-0.2, 0) is 17.1 Å². The summed E-state index contributed by atoms with van der Waals surface area (Å²) in [6.45, 7) is 0. The Hall–Kier alpha value is -0.631. The number of rotatable bonds is 0. The topological polar surface area (TPSA) is 23.1 Å². The third-order valence-electron chi connectivity index (χ3n) is 1.48. The molecule has 0 amide bonds. The molecular formula is C11H9BrFeO. The number of halogens is 1. The van der Waals surface area contributed by atoms with E-state index in [9.17, 15) is 5.11 Å². The summed E-state index contributed by atoms with van der Waals surface area (Å²) < 4.78 is 0.868. The molecule has 74 valence electrons. The second-order valence-corrected chi connectivity index (χ2v) is 3.26. The fourth-order valence-corrected chi connectivity index (χ4v) is 1.21. The molecule has 0 fully saturated rings. The summed E-state index contributed by atoms with van der Waals surface area (Å²) in [6.07, 6.45) is 6.25. The molecule has 0 saturated carbocycles. The second-order valence-electron chi connectivity index (χ2n) is 2.41. The molecular weight excluding hydrogens is 284 g/mol. The molecule has 1 aromatic carbocycles. The van der Waals surface area contributed by atoms with Crippen molar-refractivity contribution in [1.82, 2.24) is 0 Å². The molecule has 1 nitrogen and oxygen atoms in total. The Morgan fingerprint density at radius 3 is 2.14 bits per heavy atom. The van der Waals surface area contributed by atoms with Crippen LogP contribution in [0.4, 0.5) is 0 Å². The van der Waals surface area contributed by atoms with Gasteiger partial charge in [0.05, 0.1) is 0 Å². The maximum absolute atomic E-state index is 10.1. The van der Waals surface area contributed by atoms with Gasteiger partial charge in [0.2, 0.25) is 0 Å². The van der Waals surface area contributed by atoms with Gasteiger partial charge in [-0.1, -0.05) is 28.1 Å². The normalized spacial score (nSPS) is 15.5. The zero-order chi connectivity index (χ0) is 9.52. The van der Waals surface area contributed by atoms with Crippen molar-refractivity contribution in [2.24, 2.45) is 0 Å². The molecule has 14 heavy (non-hydrogen) atoms. The molecule has 0 spiro atoms. The minimum atomic E-state index is 0. The van der Waals surface area contributed by atoms with Gasteiger partial charge in [-0.25, -0.2) is 12.1 Å². The van der Waals surface area contributed by atoms with Crippen molar-refractivity contribution < 1.29 is 22.2 Å². The third kappa shape index (κ3) is 4.56. The molecule has 2 rings (SSSR count). The monoisotopic (exact) mass is 292 g/mol. The minimum Gasteiger partial charge on any atom is -0.877 e. The first-order valence-electron chi connectivity index (χ1n) is 3.87. The maximum atomic E-state index is 10.1. The summed E-state index contributed by atoms with van der Waals surface area (Å²) in [4.78, 5) is 0. The van der Waals surface area contributed by atoms with Crippen LogP contribution >= 0.6 is 15.9 Å². The third-order valence-corrected chi connectivity index (χ3v) is 2.20. The van der Waals surface area contributed by atoms with E-state index in [-0.39, 0.29) is 17.1 Å². The van der Waals surface area contributed by atoms with Crippen LogP contribution in [0.5, 0.6) is 0 Å². The number of hydrogen-bond acceptors (Lipinski definition) is 1. The predicted octanol–water partition coefficient (Wildman–Crippen LogP) is 2.48. The van der Waals surface area contributed by atoms with Gasteiger partial charge in [0, 0.05) is 4.48 Å². The standard InChI is InChI=1S/C6H5BrO.C5H5.Fe/c7-6-3-1-2-5(6)4-8;1-2-4-5-3-1;/h1-4,8H;1-5H;/q;-1;+2/p-1. The Labute approximate surface area is 103 Å². The Balaban J connectivity index is 0.000000246. The van der Waals surface area contributed by atoms with Crippen LogP contribution in [-0.4, -0.2) is 0 Å². The first-order valence-corrected chi connectivity index (χ1v) is 4.67. The Morgan fingerprint density at radius 2 is 1.93 bits per heavy atom. The van der Waals surface area contributed by atoms with Gasteiger partial charge in [0.1, 0.15) is 0 Å². The predicted molar refractivity (Wildman–Crippen MR) is 56.3 cm³/mol. The smallest absolute Gasteiger partial charge is 0.877 e. The fraction of sp³-hybridized carbons (Fsp3) is 0. The van der Waals surface area contributed by atoms with Gasteiger partial charge in [-0.2, -0.15) is 18.2 Å². The van der Waals surface area contributed by atoms with E-state index in [2.05, 4.69) is 15.9 Å². The average molecular weight is 293 g/mol. The molecule has 0 aliphatic heterocycles. The van der Waals surface area contributed by atoms with E-state index in [4.69, 9.17) is 0 Å². The van der Waals surface area contributed by atoms with Crippen LogP contribution in [0, 0.1) is 0 Å². The van der Waals surface area contributed by atoms with E-state index in [1.54, 1.807) is 6.08 Å². The molecule has 1 aliphatic carbocycles. The van der Waals surface area contributed by atoms with E-state index in [1.165, 1.54) is 0 Å². The minimum absolute atomic E-state index is 0. The van der Waals surface area contributed by atoms with Crippen LogP contribution < -0.4 is 5.11 Å². The van der Waals surface area contributed by atoms with Crippen LogP contribution in [0.25, 0.3) is 0 Å². The number of hydrogen-bond donors (Lipinski definition) is 0. The zero-order valence-electron chi connectivity index (χ0n) is 7.34. The summed E-state index contributed by atoms with van der Waals surface area (Å²) in [7, 11) is 0. The summed E-state index contributed by atoms with van der Waals surface area (Å²) in [6, 6.07) is 10.0. The average Bonchev–Trinajstić information content (AvgIpc) is 2.76. The van der Waals surface area contributed by atoms with Crippen LogP contribution in [0.15, 0.2) is 64.9 Å². The molecule has 0 N–H and O–H groups in total. The van der Waals surface area contributed by atoms with Gasteiger partial charge >= 0.3 is 17.1 Å². The molecule has 0 atom stereocenters. The van der Waals surface area contributed by atoms with Crippen molar-refractivity contribution in [2.75, 3.05) is 0 Å². The van der Waals surface area contributed by atoms with Crippen molar-refractivity contribution in [1.29, 1.82) is 0 Å². The molecule has 0 heterocycles. The van der Waals surface area contributed by atoms with E-state index in [0.29, 0.717) is 5.57 Å². The molecule has 0 bridgehead atoms. The van der Waals surface area contributed by atoms with E-state index >= 15 is 0 Å². The van der Waals surface area contributed by atoms with E-state index in [0.717, 1.165) is 10.7 Å². The van der Waals surface area contributed by atoms with Gasteiger partial charge in [-0.3, -0.25) is 0 Å². The first-order chi connectivity index (χ1) is 6.34. The Bertz CT molecular complexity index is 306. The summed E-state index contributed by atoms with van der Waals surface area (Å²) in [5.41, 5.74) is 0.713. The van der Waals surface area contributed by atoms with Crippen LogP contribution in [0.1, 0.15) is 0 Å². The summed E-state index contributed by atoms with van der Waals surface area (Å²) in [5, 5.41) is 10.1. The molecule has 1 aromatic rings. The molecule has 0 saturated heterocycles. The van der Waals surface area contributed by atoms with Gasteiger partial charge in [0.25, 0.3) is 0 Å². The van der Waals surface area contributed by atoms with Gasteiger partial charge in [0.15, 0.2) is 0 Å². The Morgan fingerprint density at radius 1 is 1.29 bits per heavy atom. The van der Waals surface area contributed by atoms with Gasteiger partial charge < -0.3 is 5.11 Å². The molecule has 0 radical (unpaired) electrons. The van der Waals surface area contributed by atoms with Crippen molar-refractivity contribution >= 4 is 15.9 Å². The van der Waals surface area contributed by atoms with E-state index < -0.39 is 0 Å². The maximum Gasteiger partial charge on any atom is 2.00 e. The van der Waals surface area contributed by atoms with Crippen LogP contribution in [0.3, 0.4) is 0 Å². The quantitative estimate of drug-likeness (QED) is 0.409. The summed E-state index contributed by atoms with van der Waals surface area (Å²) in [5.74, 6) is 0. The Kier molecular flexibility index (Phi) is 7.39. The van der Waals surface area contributed by atoms with Crippen molar-refractivity contribution in [3.8, 4) is 0 Å². The number of allylic oxidation sites excluding steroid dienone is 5. The SMILES string of the molecule is [Fe+2].[O-]C=C1C=CC=C1Br.c1cc[cH-]c1. The largest absolute Gasteiger partial charge is 2.00 e. The molecule has 1 aliphatic rings. The van der Waals surface area contributed by atoms with E-state index in [1.807, 2.05) is 42.5 Å². The zero-order valence-corrected chi connectivity index (χ0v) is 10.0. The van der Waals surface area contributed by atoms with Crippen LogP contribution in [0.2, 0.25) is 0 Å². The van der Waals surface area contributed by atoms with Gasteiger partial charge in [-0.15, -0.1) is 6.26 Å². The van der Waals surface area contributed by atoms with Gasteiger partial charge in [-0.05, 0) is 11.6 Å². The summed E-state index contributed by atoms with van der Waals surface area (Å²) >= 11 is 3.20. The molecule has 3 heteroatoms. The fourth-order valence-electron chi connectivity index (χ4n) is 0.828.